The summed E-state index contributed by atoms with van der Waals surface area (Å²) in [5, 5.41) is 12.4. The van der Waals surface area contributed by atoms with Crippen LogP contribution in [0.2, 0.25) is 0 Å². The highest BCUT2D eigenvalue weighted by molar-refractivity contribution is 5.81. The predicted molar refractivity (Wildman–Crippen MR) is 102 cm³/mol. The summed E-state index contributed by atoms with van der Waals surface area (Å²) in [5.41, 5.74) is 4.26. The van der Waals surface area contributed by atoms with Crippen LogP contribution < -0.4 is 5.32 Å². The van der Waals surface area contributed by atoms with Crippen molar-refractivity contribution in [2.75, 3.05) is 27.2 Å². The summed E-state index contributed by atoms with van der Waals surface area (Å²) in [7, 11) is 4.26. The van der Waals surface area contributed by atoms with Crippen molar-refractivity contribution in [1.29, 1.82) is 0 Å². The average Bonchev–Trinajstić information content (AvgIpc) is 2.97. The number of hydrogen-bond donors (Lipinski definition) is 2. The molecule has 2 N–H and O–H groups in total. The molecule has 0 radical (unpaired) electrons. The van der Waals surface area contributed by atoms with E-state index >= 15 is 0 Å². The molecule has 0 aromatic carbocycles. The zero-order valence-electron chi connectivity index (χ0n) is 15.9. The highest BCUT2D eigenvalue weighted by Crippen LogP contribution is 2.51. The molecule has 5 nitrogen and oxygen atoms in total. The molecule has 5 atom stereocenters. The maximum Gasteiger partial charge on any atom is 0.228 e. The number of carbonyl (C=O) groups is 1. The summed E-state index contributed by atoms with van der Waals surface area (Å²) in [5.74, 6) is 0.662. The molecule has 2 aliphatic carbocycles. The maximum absolute atomic E-state index is 12.8. The van der Waals surface area contributed by atoms with Crippen LogP contribution in [0.4, 0.5) is 0 Å². The van der Waals surface area contributed by atoms with Crippen LogP contribution in [0.5, 0.6) is 0 Å². The van der Waals surface area contributed by atoms with Gasteiger partial charge in [0.1, 0.15) is 0 Å². The molecule has 0 aromatic heterocycles. The fourth-order valence-electron chi connectivity index (χ4n) is 4.98. The van der Waals surface area contributed by atoms with Gasteiger partial charge in [0.2, 0.25) is 5.91 Å². The lowest BCUT2D eigenvalue weighted by molar-refractivity contribution is -0.125. The Bertz CT molecular complexity index is 717. The Kier molecular flexibility index (Phi) is 4.53. The quantitative estimate of drug-likeness (QED) is 0.753. The van der Waals surface area contributed by atoms with Gasteiger partial charge in [-0.1, -0.05) is 25.2 Å². The summed E-state index contributed by atoms with van der Waals surface area (Å²) in [6.45, 7) is 2.70. The first kappa shape index (κ1) is 17.6. The number of aliphatic hydroxyl groups is 1. The monoisotopic (exact) mass is 355 g/mol. The Morgan fingerprint density at radius 1 is 1.42 bits per heavy atom. The third-order valence-electron chi connectivity index (χ3n) is 6.43. The van der Waals surface area contributed by atoms with Crippen LogP contribution in [0.25, 0.3) is 0 Å². The van der Waals surface area contributed by atoms with E-state index < -0.39 is 0 Å². The van der Waals surface area contributed by atoms with Crippen molar-refractivity contribution in [2.45, 2.75) is 31.8 Å². The van der Waals surface area contributed by atoms with Crippen molar-refractivity contribution in [2.24, 2.45) is 17.8 Å². The van der Waals surface area contributed by atoms with E-state index in [2.05, 4.69) is 59.7 Å². The topological polar surface area (TPSA) is 55.8 Å². The first-order valence-electron chi connectivity index (χ1n) is 9.68. The predicted octanol–water partition coefficient (Wildman–Crippen LogP) is 1.65. The summed E-state index contributed by atoms with van der Waals surface area (Å²) in [6, 6.07) is 0.222. The zero-order chi connectivity index (χ0) is 18.4. The van der Waals surface area contributed by atoms with Crippen LogP contribution in [-0.4, -0.2) is 60.1 Å². The smallest absolute Gasteiger partial charge is 0.228 e. The van der Waals surface area contributed by atoms with Gasteiger partial charge in [0.25, 0.3) is 0 Å². The van der Waals surface area contributed by atoms with Gasteiger partial charge in [-0.15, -0.1) is 0 Å². The van der Waals surface area contributed by atoms with Crippen LogP contribution in [0.15, 0.2) is 47.3 Å². The van der Waals surface area contributed by atoms with E-state index in [9.17, 15) is 9.90 Å². The minimum atomic E-state index is -0.155. The van der Waals surface area contributed by atoms with Crippen molar-refractivity contribution in [1.82, 2.24) is 15.1 Å². The van der Waals surface area contributed by atoms with E-state index in [0.29, 0.717) is 17.9 Å². The molecule has 2 unspecified atom stereocenters. The minimum absolute atomic E-state index is 0.00786. The van der Waals surface area contributed by atoms with Crippen LogP contribution >= 0.6 is 0 Å². The van der Waals surface area contributed by atoms with E-state index in [4.69, 9.17) is 0 Å². The number of carbonyl (C=O) groups excluding carboxylic acids is 1. The molecular weight excluding hydrogens is 326 g/mol. The lowest BCUT2D eigenvalue weighted by atomic mass is 9.66. The molecule has 2 heterocycles. The van der Waals surface area contributed by atoms with Gasteiger partial charge in [0.15, 0.2) is 0 Å². The maximum atomic E-state index is 12.8. The fraction of sp³-hybridized carbons (Fsp3) is 0.571. The standard InChI is InChI=1S/C21H29N3O2/c1-4-15(12-25)22-21(26)14-8-17-16-6-5-7-18-20(16)13(10-23(18)2)9-19(17)24(3)11-14/h5-8,10,14-16,19-20,25H,4,9,11-12H2,1-3H3,(H,22,26)/t14-,15+,16?,19-,20?/m1/s1. The molecule has 0 bridgehead atoms. The normalized spacial score (nSPS) is 33.7. The summed E-state index contributed by atoms with van der Waals surface area (Å²) in [6.07, 6.45) is 13.0. The van der Waals surface area contributed by atoms with Crippen molar-refractivity contribution in [3.63, 3.8) is 0 Å². The van der Waals surface area contributed by atoms with Gasteiger partial charge in [-0.3, -0.25) is 9.69 Å². The number of hydrogen-bond acceptors (Lipinski definition) is 4. The van der Waals surface area contributed by atoms with Crippen LogP contribution in [0.1, 0.15) is 19.8 Å². The van der Waals surface area contributed by atoms with Crippen LogP contribution in [-0.2, 0) is 4.79 Å². The summed E-state index contributed by atoms with van der Waals surface area (Å²) < 4.78 is 0. The largest absolute Gasteiger partial charge is 0.394 e. The molecule has 0 saturated heterocycles. The molecule has 5 heteroatoms. The number of allylic oxidation sites excluding steroid dienone is 4. The molecule has 1 saturated carbocycles. The first-order chi connectivity index (χ1) is 12.5. The number of nitrogens with one attached hydrogen (secondary N) is 1. The number of rotatable bonds is 4. The van der Waals surface area contributed by atoms with E-state index in [1.165, 1.54) is 16.8 Å². The second-order valence-electron chi connectivity index (χ2n) is 8.02. The number of fused-ring (bicyclic) bond motifs is 2. The Hall–Kier alpha value is -1.85. The lowest BCUT2D eigenvalue weighted by Gasteiger charge is -2.46. The number of likely N-dealkylation sites (N-methyl/N-ethyl adjacent to an activating group) is 1. The van der Waals surface area contributed by atoms with Crippen LogP contribution in [0, 0.1) is 17.8 Å². The second-order valence-corrected chi connectivity index (χ2v) is 8.02. The SMILES string of the molecule is CC[C@@H](CO)NC(=O)[C@@H]1C=C2C3C=CC=C4C3C(=CN4C)C[C@H]2N(C)C1. The average molecular weight is 355 g/mol. The third-order valence-corrected chi connectivity index (χ3v) is 6.43. The molecule has 26 heavy (non-hydrogen) atoms. The lowest BCUT2D eigenvalue weighted by Crippen LogP contribution is -2.51. The minimum Gasteiger partial charge on any atom is -0.394 e. The fourth-order valence-corrected chi connectivity index (χ4v) is 4.98. The van der Waals surface area contributed by atoms with E-state index in [1.54, 1.807) is 0 Å². The van der Waals surface area contributed by atoms with E-state index in [0.717, 1.165) is 19.4 Å². The van der Waals surface area contributed by atoms with E-state index in [-0.39, 0.29) is 24.5 Å². The molecule has 1 fully saturated rings. The van der Waals surface area contributed by atoms with Gasteiger partial charge in [-0.05, 0) is 37.1 Å². The molecule has 1 amide bonds. The summed E-state index contributed by atoms with van der Waals surface area (Å²) >= 11 is 0. The number of nitrogens with zero attached hydrogens (tertiary/aromatic N) is 2. The summed E-state index contributed by atoms with van der Waals surface area (Å²) in [4.78, 5) is 17.3. The van der Waals surface area contributed by atoms with Gasteiger partial charge >= 0.3 is 0 Å². The van der Waals surface area contributed by atoms with Gasteiger partial charge in [0.05, 0.1) is 18.6 Å². The molecular formula is C21H29N3O2. The van der Waals surface area contributed by atoms with Gasteiger partial charge in [-0.2, -0.15) is 0 Å². The highest BCUT2D eigenvalue weighted by atomic mass is 16.3. The van der Waals surface area contributed by atoms with Gasteiger partial charge in [-0.25, -0.2) is 0 Å². The zero-order valence-corrected chi connectivity index (χ0v) is 15.9. The van der Waals surface area contributed by atoms with Gasteiger partial charge in [0, 0.05) is 43.4 Å². The Balaban J connectivity index is 1.62. The van der Waals surface area contributed by atoms with E-state index in [1.807, 2.05) is 6.92 Å². The van der Waals surface area contributed by atoms with Crippen LogP contribution in [0.3, 0.4) is 0 Å². The Labute approximate surface area is 155 Å². The molecule has 0 aromatic rings. The third kappa shape index (κ3) is 2.74. The van der Waals surface area contributed by atoms with Crippen molar-refractivity contribution in [3.8, 4) is 0 Å². The van der Waals surface area contributed by atoms with Crippen molar-refractivity contribution in [3.05, 3.63) is 47.3 Å². The molecule has 0 spiro atoms. The van der Waals surface area contributed by atoms with Crippen molar-refractivity contribution < 1.29 is 9.90 Å². The van der Waals surface area contributed by atoms with Crippen molar-refractivity contribution >= 4 is 5.91 Å². The molecule has 4 aliphatic rings. The number of amides is 1. The number of aliphatic hydroxyl groups excluding tert-OH is 1. The van der Waals surface area contributed by atoms with Gasteiger partial charge < -0.3 is 15.3 Å². The molecule has 140 valence electrons. The first-order valence-corrected chi connectivity index (χ1v) is 9.68. The molecule has 2 aliphatic heterocycles. The molecule has 4 rings (SSSR count). The second kappa shape index (κ2) is 6.71. The Morgan fingerprint density at radius 3 is 2.96 bits per heavy atom. The Morgan fingerprint density at radius 2 is 2.23 bits per heavy atom. The highest BCUT2D eigenvalue weighted by Gasteiger charge is 2.46.